The molecule has 6 rings (SSSR count). The largest absolute Gasteiger partial charge is 0.378 e. The van der Waals surface area contributed by atoms with Crippen molar-refractivity contribution in [1.82, 2.24) is 10.3 Å². The van der Waals surface area contributed by atoms with Crippen LogP contribution in [0.2, 0.25) is 0 Å². The Kier molecular flexibility index (Phi) is 4.02. The lowest BCUT2D eigenvalue weighted by atomic mass is 9.89. The first-order valence-electron chi connectivity index (χ1n) is 10.9. The summed E-state index contributed by atoms with van der Waals surface area (Å²) in [6.07, 6.45) is 1.76. The number of rotatable bonds is 1. The van der Waals surface area contributed by atoms with Gasteiger partial charge in [0, 0.05) is 36.9 Å². The van der Waals surface area contributed by atoms with Gasteiger partial charge in [0.2, 0.25) is 5.91 Å². The van der Waals surface area contributed by atoms with Gasteiger partial charge >= 0.3 is 0 Å². The van der Waals surface area contributed by atoms with Crippen molar-refractivity contribution < 1.29 is 19.1 Å². The zero-order chi connectivity index (χ0) is 21.5. The predicted octanol–water partition coefficient (Wildman–Crippen LogP) is 2.57. The number of pyridine rings is 1. The highest BCUT2D eigenvalue weighted by Crippen LogP contribution is 2.50. The number of nitrogens with zero attached hydrogens (tertiary/aromatic N) is 3. The molecule has 4 aliphatic rings. The lowest BCUT2D eigenvalue weighted by molar-refractivity contribution is -0.117. The minimum atomic E-state index is -0.675. The van der Waals surface area contributed by atoms with Gasteiger partial charge in [-0.05, 0) is 32.8 Å². The molecule has 4 aliphatic heterocycles. The molecule has 2 aromatic rings. The quantitative estimate of drug-likeness (QED) is 0.731. The van der Waals surface area contributed by atoms with Crippen LogP contribution in [0.5, 0.6) is 0 Å². The predicted molar refractivity (Wildman–Crippen MR) is 118 cm³/mol. The third-order valence-electron chi connectivity index (χ3n) is 6.91. The molecule has 6 heterocycles. The van der Waals surface area contributed by atoms with Gasteiger partial charge in [0.25, 0.3) is 5.91 Å². The van der Waals surface area contributed by atoms with Crippen molar-refractivity contribution in [3.63, 3.8) is 0 Å². The number of fused-ring (bicyclic) bond motifs is 7. The van der Waals surface area contributed by atoms with E-state index in [9.17, 15) is 9.59 Å². The fourth-order valence-corrected chi connectivity index (χ4v) is 6.43. The molecule has 0 spiro atoms. The van der Waals surface area contributed by atoms with E-state index in [0.717, 1.165) is 45.9 Å². The number of hydrogen-bond donors (Lipinski definition) is 1. The van der Waals surface area contributed by atoms with E-state index in [1.807, 2.05) is 11.8 Å². The van der Waals surface area contributed by atoms with Crippen molar-refractivity contribution in [2.24, 2.45) is 0 Å². The van der Waals surface area contributed by atoms with Gasteiger partial charge in [0.1, 0.15) is 21.2 Å². The monoisotopic (exact) mass is 442 g/mol. The summed E-state index contributed by atoms with van der Waals surface area (Å²) >= 11 is 1.39. The van der Waals surface area contributed by atoms with E-state index in [4.69, 9.17) is 14.5 Å². The van der Waals surface area contributed by atoms with Gasteiger partial charge in [-0.3, -0.25) is 14.5 Å². The molecule has 164 valence electrons. The fourth-order valence-electron chi connectivity index (χ4n) is 5.35. The molecule has 31 heavy (non-hydrogen) atoms. The Labute approximate surface area is 184 Å². The molecule has 2 aromatic heterocycles. The number of thiophene rings is 1. The molecule has 0 aromatic carbocycles. The Bertz CT molecular complexity index is 1140. The highest BCUT2D eigenvalue weighted by atomic mass is 32.1. The molecule has 0 aliphatic carbocycles. The van der Waals surface area contributed by atoms with Crippen LogP contribution in [0.15, 0.2) is 0 Å². The number of carbonyl (C=O) groups excluding carboxylic acids is 2. The molecule has 2 fully saturated rings. The van der Waals surface area contributed by atoms with Gasteiger partial charge in [-0.2, -0.15) is 0 Å². The molecular formula is C22H26N4O4S. The van der Waals surface area contributed by atoms with Crippen molar-refractivity contribution >= 4 is 44.9 Å². The van der Waals surface area contributed by atoms with Crippen LogP contribution in [0, 0.1) is 0 Å². The van der Waals surface area contributed by atoms with E-state index in [0.29, 0.717) is 44.0 Å². The number of aromatic nitrogens is 1. The maximum Gasteiger partial charge on any atom is 0.265 e. The van der Waals surface area contributed by atoms with Crippen molar-refractivity contribution in [1.29, 1.82) is 0 Å². The standard InChI is InChI=1S/C22H26N4O4S/c1-21(2)10-12-13(11-30-21)18(25-6-8-29-9-7-25)23-20-15(12)16-17(31-20)19(28)24-22(3)5-4-14(27)26(16)22/h4-11H2,1-3H3,(H,24,28)/t22-/m0/s1. The minimum Gasteiger partial charge on any atom is -0.378 e. The van der Waals surface area contributed by atoms with Gasteiger partial charge in [-0.25, -0.2) is 4.98 Å². The van der Waals surface area contributed by atoms with E-state index >= 15 is 0 Å². The van der Waals surface area contributed by atoms with Crippen LogP contribution in [-0.2, 0) is 27.3 Å². The molecule has 0 saturated carbocycles. The Balaban J connectivity index is 1.64. The Morgan fingerprint density at radius 1 is 1.13 bits per heavy atom. The van der Waals surface area contributed by atoms with Crippen molar-refractivity contribution in [2.45, 2.75) is 57.9 Å². The molecule has 2 saturated heterocycles. The van der Waals surface area contributed by atoms with Gasteiger partial charge in [-0.15, -0.1) is 11.3 Å². The third-order valence-corrected chi connectivity index (χ3v) is 7.98. The zero-order valence-electron chi connectivity index (χ0n) is 18.0. The second kappa shape index (κ2) is 6.40. The van der Waals surface area contributed by atoms with E-state index in [1.54, 1.807) is 0 Å². The number of ether oxygens (including phenoxy) is 2. The van der Waals surface area contributed by atoms with Gasteiger partial charge in [0.05, 0.1) is 31.1 Å². The van der Waals surface area contributed by atoms with Crippen molar-refractivity contribution in [3.8, 4) is 0 Å². The minimum absolute atomic E-state index is 0.0563. The highest BCUT2D eigenvalue weighted by molar-refractivity contribution is 7.21. The third kappa shape index (κ3) is 2.76. The summed E-state index contributed by atoms with van der Waals surface area (Å²) in [7, 11) is 0. The fraction of sp³-hybridized carbons (Fsp3) is 0.591. The summed E-state index contributed by atoms with van der Waals surface area (Å²) in [6, 6.07) is 0. The zero-order valence-corrected chi connectivity index (χ0v) is 18.9. The van der Waals surface area contributed by atoms with Gasteiger partial charge in [-0.1, -0.05) is 0 Å². The second-order valence-corrected chi connectivity index (χ2v) is 10.6. The molecule has 8 nitrogen and oxygen atoms in total. The van der Waals surface area contributed by atoms with E-state index < -0.39 is 5.66 Å². The Morgan fingerprint density at radius 3 is 2.68 bits per heavy atom. The number of morpholine rings is 1. The normalized spacial score (nSPS) is 27.2. The van der Waals surface area contributed by atoms with Crippen molar-refractivity contribution in [3.05, 3.63) is 16.0 Å². The molecule has 2 amide bonds. The number of anilines is 2. The van der Waals surface area contributed by atoms with E-state index in [-0.39, 0.29) is 17.4 Å². The SMILES string of the molecule is CC1(C)Cc2c(c(N3CCOCC3)nc3sc4c(c23)N2C(=O)CC[C@@]2(C)NC4=O)CO1. The summed E-state index contributed by atoms with van der Waals surface area (Å²) in [4.78, 5) is 36.6. The molecule has 0 unspecified atom stereocenters. The first-order chi connectivity index (χ1) is 14.8. The molecule has 0 radical (unpaired) electrons. The average Bonchev–Trinajstić information content (AvgIpc) is 3.25. The maximum absolute atomic E-state index is 13.1. The van der Waals surface area contributed by atoms with Gasteiger partial charge in [0.15, 0.2) is 0 Å². The maximum atomic E-state index is 13.1. The van der Waals surface area contributed by atoms with E-state index in [2.05, 4.69) is 24.1 Å². The highest BCUT2D eigenvalue weighted by Gasteiger charge is 2.50. The summed E-state index contributed by atoms with van der Waals surface area (Å²) in [5.74, 6) is 0.871. The van der Waals surface area contributed by atoms with Crippen LogP contribution in [0.1, 0.15) is 54.4 Å². The molecule has 9 heteroatoms. The Morgan fingerprint density at radius 2 is 1.90 bits per heavy atom. The first kappa shape index (κ1) is 19.5. The summed E-state index contributed by atoms with van der Waals surface area (Å²) in [6.45, 7) is 9.50. The van der Waals surface area contributed by atoms with Crippen LogP contribution < -0.4 is 15.1 Å². The number of hydrogen-bond acceptors (Lipinski definition) is 7. The summed E-state index contributed by atoms with van der Waals surface area (Å²) in [5, 5.41) is 4.03. The van der Waals surface area contributed by atoms with Crippen LogP contribution in [0.4, 0.5) is 11.5 Å². The van der Waals surface area contributed by atoms with E-state index in [1.165, 1.54) is 11.3 Å². The van der Waals surface area contributed by atoms with Crippen LogP contribution >= 0.6 is 11.3 Å². The molecule has 1 N–H and O–H groups in total. The number of amides is 2. The van der Waals surface area contributed by atoms with Crippen LogP contribution in [0.25, 0.3) is 10.2 Å². The lowest BCUT2D eigenvalue weighted by Crippen LogP contribution is -2.59. The van der Waals surface area contributed by atoms with Crippen LogP contribution in [0.3, 0.4) is 0 Å². The molecular weight excluding hydrogens is 416 g/mol. The molecule has 1 atom stereocenters. The lowest BCUT2D eigenvalue weighted by Gasteiger charge is -2.40. The summed E-state index contributed by atoms with van der Waals surface area (Å²) in [5.41, 5.74) is 1.99. The number of nitrogens with one attached hydrogen (secondary N) is 1. The topological polar surface area (TPSA) is 84.0 Å². The summed E-state index contributed by atoms with van der Waals surface area (Å²) < 4.78 is 11.7. The second-order valence-electron chi connectivity index (χ2n) is 9.63. The smallest absolute Gasteiger partial charge is 0.265 e. The van der Waals surface area contributed by atoms with Crippen LogP contribution in [-0.4, -0.2) is 54.4 Å². The Hall–Kier alpha value is -2.23. The number of carbonyl (C=O) groups is 2. The van der Waals surface area contributed by atoms with Crippen molar-refractivity contribution in [2.75, 3.05) is 36.1 Å². The molecule has 0 bridgehead atoms. The first-order valence-corrected chi connectivity index (χ1v) is 11.7. The average molecular weight is 443 g/mol. The van der Waals surface area contributed by atoms with Gasteiger partial charge < -0.3 is 19.7 Å².